The third-order valence-corrected chi connectivity index (χ3v) is 3.32. The lowest BCUT2D eigenvalue weighted by atomic mass is 10.1. The minimum Gasteiger partial charge on any atom is -0.507 e. The number of hydrogen-bond donors (Lipinski definition) is 2. The average molecular weight is 278 g/mol. The predicted octanol–water partition coefficient (Wildman–Crippen LogP) is 2.91. The molecule has 5 nitrogen and oxygen atoms in total. The smallest absolute Gasteiger partial charge is 0.339 e. The molecule has 2 aromatic carbocycles. The minimum absolute atomic E-state index is 0.157. The third-order valence-electron chi connectivity index (χ3n) is 3.32. The summed E-state index contributed by atoms with van der Waals surface area (Å²) in [7, 11) is 0. The van der Waals surface area contributed by atoms with E-state index in [0.29, 0.717) is 11.3 Å². The van der Waals surface area contributed by atoms with Gasteiger partial charge in [0.1, 0.15) is 17.4 Å². The van der Waals surface area contributed by atoms with Gasteiger partial charge in [-0.15, -0.1) is 0 Å². The Morgan fingerprint density at radius 3 is 2.62 bits per heavy atom. The van der Waals surface area contributed by atoms with Crippen molar-refractivity contribution in [3.63, 3.8) is 0 Å². The van der Waals surface area contributed by atoms with Crippen LogP contribution in [0.5, 0.6) is 5.75 Å². The summed E-state index contributed by atoms with van der Waals surface area (Å²) in [4.78, 5) is 10.9. The van der Waals surface area contributed by atoms with E-state index in [1.807, 2.05) is 24.3 Å². The zero-order chi connectivity index (χ0) is 15.0. The number of hydrogen-bond acceptors (Lipinski definition) is 3. The molecule has 0 amide bonds. The van der Waals surface area contributed by atoms with E-state index in [2.05, 4.69) is 6.07 Å². The molecule has 3 rings (SSSR count). The number of benzene rings is 2. The Morgan fingerprint density at radius 1 is 1.19 bits per heavy atom. The molecule has 0 spiro atoms. The summed E-state index contributed by atoms with van der Waals surface area (Å²) in [5.41, 5.74) is 1.77. The lowest BCUT2D eigenvalue weighted by Gasteiger charge is -2.07. The molecule has 2 N–H and O–H groups in total. The predicted molar refractivity (Wildman–Crippen MR) is 76.6 cm³/mol. The first-order valence-electron chi connectivity index (χ1n) is 6.18. The first-order valence-corrected chi connectivity index (χ1v) is 6.18. The second kappa shape index (κ2) is 4.69. The summed E-state index contributed by atoms with van der Waals surface area (Å²) in [5, 5.41) is 28.7. The number of rotatable bonds is 2. The Bertz CT molecular complexity index is 904. The van der Waals surface area contributed by atoms with Crippen LogP contribution < -0.4 is 0 Å². The van der Waals surface area contributed by atoms with Crippen LogP contribution in [0.3, 0.4) is 0 Å². The van der Waals surface area contributed by atoms with Gasteiger partial charge in [0.25, 0.3) is 0 Å². The topological polar surface area (TPSA) is 86.2 Å². The van der Waals surface area contributed by atoms with Gasteiger partial charge < -0.3 is 14.8 Å². The van der Waals surface area contributed by atoms with E-state index in [9.17, 15) is 15.2 Å². The SMILES string of the molecule is N#Cc1cn(-c2ccc(C(=O)O)c(O)c2)c2ccccc12. The molecule has 0 radical (unpaired) electrons. The van der Waals surface area contributed by atoms with Gasteiger partial charge in [-0.05, 0) is 18.2 Å². The fraction of sp³-hybridized carbons (Fsp3) is 0. The molecule has 0 saturated carbocycles. The fourth-order valence-corrected chi connectivity index (χ4v) is 2.33. The van der Waals surface area contributed by atoms with Crippen LogP contribution in [-0.2, 0) is 0 Å². The first kappa shape index (κ1) is 12.8. The van der Waals surface area contributed by atoms with Crippen molar-refractivity contribution in [1.82, 2.24) is 4.57 Å². The maximum absolute atomic E-state index is 10.9. The van der Waals surface area contributed by atoms with Crippen LogP contribution in [0.2, 0.25) is 0 Å². The Labute approximate surface area is 119 Å². The molecule has 102 valence electrons. The van der Waals surface area contributed by atoms with Gasteiger partial charge in [0.05, 0.1) is 11.1 Å². The molecule has 21 heavy (non-hydrogen) atoms. The van der Waals surface area contributed by atoms with Crippen molar-refractivity contribution < 1.29 is 15.0 Å². The highest BCUT2D eigenvalue weighted by Gasteiger charge is 2.13. The Hall–Kier alpha value is -3.26. The summed E-state index contributed by atoms with van der Waals surface area (Å²) < 4.78 is 1.75. The largest absolute Gasteiger partial charge is 0.507 e. The number of aromatic carboxylic acids is 1. The first-order chi connectivity index (χ1) is 10.1. The number of carbonyl (C=O) groups is 1. The van der Waals surface area contributed by atoms with Gasteiger partial charge in [-0.3, -0.25) is 0 Å². The van der Waals surface area contributed by atoms with Gasteiger partial charge in [0.2, 0.25) is 0 Å². The van der Waals surface area contributed by atoms with Crippen LogP contribution in [0.4, 0.5) is 0 Å². The highest BCUT2D eigenvalue weighted by Crippen LogP contribution is 2.27. The number of para-hydroxylation sites is 1. The molecule has 1 heterocycles. The van der Waals surface area contributed by atoms with Gasteiger partial charge in [0.15, 0.2) is 0 Å². The van der Waals surface area contributed by atoms with E-state index in [4.69, 9.17) is 5.11 Å². The minimum atomic E-state index is -1.19. The summed E-state index contributed by atoms with van der Waals surface area (Å²) in [6, 6.07) is 13.8. The summed E-state index contributed by atoms with van der Waals surface area (Å²) in [5.74, 6) is -1.49. The van der Waals surface area contributed by atoms with Crippen molar-refractivity contribution in [3.8, 4) is 17.5 Å². The number of phenols is 1. The second-order valence-electron chi connectivity index (χ2n) is 4.55. The van der Waals surface area contributed by atoms with Crippen LogP contribution in [-0.4, -0.2) is 20.7 Å². The van der Waals surface area contributed by atoms with Gasteiger partial charge >= 0.3 is 5.97 Å². The molecular formula is C16H10N2O3. The van der Waals surface area contributed by atoms with Crippen molar-refractivity contribution >= 4 is 16.9 Å². The lowest BCUT2D eigenvalue weighted by Crippen LogP contribution is -1.98. The van der Waals surface area contributed by atoms with E-state index in [1.165, 1.54) is 12.1 Å². The van der Waals surface area contributed by atoms with Crippen molar-refractivity contribution in [2.24, 2.45) is 0 Å². The standard InChI is InChI=1S/C16H10N2O3/c17-8-10-9-18(14-4-2-1-3-12(10)14)11-5-6-13(16(20)21)15(19)7-11/h1-7,9,19H,(H,20,21). The fourth-order valence-electron chi connectivity index (χ4n) is 2.33. The number of nitriles is 1. The van der Waals surface area contributed by atoms with Crippen LogP contribution >= 0.6 is 0 Å². The Morgan fingerprint density at radius 2 is 1.95 bits per heavy atom. The molecule has 0 atom stereocenters. The monoisotopic (exact) mass is 278 g/mol. The second-order valence-corrected chi connectivity index (χ2v) is 4.55. The van der Waals surface area contributed by atoms with E-state index >= 15 is 0 Å². The summed E-state index contributed by atoms with van der Waals surface area (Å²) in [6.45, 7) is 0. The maximum Gasteiger partial charge on any atom is 0.339 e. The number of carboxylic acids is 1. The third kappa shape index (κ3) is 1.99. The van der Waals surface area contributed by atoms with Crippen molar-refractivity contribution in [2.45, 2.75) is 0 Å². The van der Waals surface area contributed by atoms with Crippen LogP contribution in [0.15, 0.2) is 48.7 Å². The van der Waals surface area contributed by atoms with Crippen molar-refractivity contribution in [1.29, 1.82) is 5.26 Å². The van der Waals surface area contributed by atoms with Gasteiger partial charge in [0, 0.05) is 23.3 Å². The van der Waals surface area contributed by atoms with Crippen molar-refractivity contribution in [3.05, 3.63) is 59.8 Å². The summed E-state index contributed by atoms with van der Waals surface area (Å²) in [6.07, 6.45) is 1.67. The molecule has 0 bridgehead atoms. The average Bonchev–Trinajstić information content (AvgIpc) is 2.85. The molecular weight excluding hydrogens is 268 g/mol. The van der Waals surface area contributed by atoms with Crippen LogP contribution in [0, 0.1) is 11.3 Å². The highest BCUT2D eigenvalue weighted by molar-refractivity contribution is 5.92. The van der Waals surface area contributed by atoms with E-state index < -0.39 is 5.97 Å². The molecule has 0 saturated heterocycles. The number of nitrogens with zero attached hydrogens (tertiary/aromatic N) is 2. The zero-order valence-corrected chi connectivity index (χ0v) is 10.8. The van der Waals surface area contributed by atoms with Crippen LogP contribution in [0.25, 0.3) is 16.6 Å². The number of aromatic hydroxyl groups is 1. The zero-order valence-electron chi connectivity index (χ0n) is 10.8. The normalized spacial score (nSPS) is 10.4. The van der Waals surface area contributed by atoms with Crippen molar-refractivity contribution in [2.75, 3.05) is 0 Å². The van der Waals surface area contributed by atoms with E-state index in [1.54, 1.807) is 16.8 Å². The quantitative estimate of drug-likeness (QED) is 0.754. The van der Waals surface area contributed by atoms with Gasteiger partial charge in [-0.2, -0.15) is 5.26 Å². The molecule has 1 aromatic heterocycles. The van der Waals surface area contributed by atoms with E-state index in [-0.39, 0.29) is 11.3 Å². The molecule has 0 unspecified atom stereocenters. The van der Waals surface area contributed by atoms with Gasteiger partial charge in [-0.25, -0.2) is 4.79 Å². The molecule has 0 aliphatic rings. The maximum atomic E-state index is 10.9. The number of carboxylic acid groups (broad SMARTS) is 1. The molecule has 3 aromatic rings. The number of aromatic nitrogens is 1. The summed E-state index contributed by atoms with van der Waals surface area (Å²) >= 11 is 0. The lowest BCUT2D eigenvalue weighted by molar-refractivity contribution is 0.0694. The number of fused-ring (bicyclic) bond motifs is 1. The molecule has 0 aliphatic carbocycles. The van der Waals surface area contributed by atoms with E-state index in [0.717, 1.165) is 10.9 Å². The molecule has 5 heteroatoms. The highest BCUT2D eigenvalue weighted by atomic mass is 16.4. The van der Waals surface area contributed by atoms with Crippen LogP contribution in [0.1, 0.15) is 15.9 Å². The molecule has 0 fully saturated rings. The molecule has 0 aliphatic heterocycles. The van der Waals surface area contributed by atoms with Gasteiger partial charge in [-0.1, -0.05) is 18.2 Å². The Kier molecular flexibility index (Phi) is 2.85. The Balaban J connectivity index is 2.24.